The molecule has 0 bridgehead atoms. The predicted molar refractivity (Wildman–Crippen MR) is 104 cm³/mol. The third kappa shape index (κ3) is 3.28. The Morgan fingerprint density at radius 3 is 2.65 bits per heavy atom. The topological polar surface area (TPSA) is 46.8 Å². The largest absolute Gasteiger partial charge is 0.494 e. The van der Waals surface area contributed by atoms with Crippen LogP contribution in [0, 0.1) is 0 Å². The van der Waals surface area contributed by atoms with Gasteiger partial charge in [0, 0.05) is 5.69 Å². The molecule has 2 aromatic carbocycles. The molecule has 0 saturated carbocycles. The molecular formula is C20H19N3O2S. The van der Waals surface area contributed by atoms with Gasteiger partial charge >= 0.3 is 0 Å². The number of rotatable bonds is 4. The molecule has 0 aliphatic carbocycles. The maximum atomic E-state index is 12.8. The lowest BCUT2D eigenvalue weighted by atomic mass is 10.2. The Balaban J connectivity index is 1.63. The summed E-state index contributed by atoms with van der Waals surface area (Å²) < 4.78 is 7.93. The predicted octanol–water partition coefficient (Wildman–Crippen LogP) is 2.19. The third-order valence-corrected chi connectivity index (χ3v) is 5.23. The molecule has 0 fully saturated rings. The molecule has 1 aliphatic heterocycles. The summed E-state index contributed by atoms with van der Waals surface area (Å²) in [5.41, 5.74) is 2.05. The summed E-state index contributed by atoms with van der Waals surface area (Å²) in [7, 11) is 0. The number of ether oxygens (including phenoxy) is 1. The van der Waals surface area contributed by atoms with Gasteiger partial charge < -0.3 is 9.64 Å². The molecule has 0 amide bonds. The summed E-state index contributed by atoms with van der Waals surface area (Å²) in [5, 5.41) is 0. The maximum absolute atomic E-state index is 12.8. The van der Waals surface area contributed by atoms with Gasteiger partial charge in [-0.15, -0.1) is 0 Å². The van der Waals surface area contributed by atoms with Gasteiger partial charge in [-0.25, -0.2) is 4.99 Å². The summed E-state index contributed by atoms with van der Waals surface area (Å²) in [6, 6.07) is 17.8. The first-order valence-electron chi connectivity index (χ1n) is 8.53. The molecule has 1 aromatic heterocycles. The van der Waals surface area contributed by atoms with E-state index in [4.69, 9.17) is 4.74 Å². The molecule has 1 aliphatic rings. The molecule has 0 saturated heterocycles. The SMILES string of the molecule is CCOc1ccc(N2CN=c3s/c(=C\c4ccccc4)c(=O)n3C2)cc1. The van der Waals surface area contributed by atoms with E-state index in [1.165, 1.54) is 11.3 Å². The summed E-state index contributed by atoms with van der Waals surface area (Å²) in [5.74, 6) is 0.846. The summed E-state index contributed by atoms with van der Waals surface area (Å²) in [4.78, 5) is 20.2. The van der Waals surface area contributed by atoms with Crippen LogP contribution in [-0.4, -0.2) is 17.8 Å². The van der Waals surface area contributed by atoms with Gasteiger partial charge in [0.05, 0.1) is 11.1 Å². The van der Waals surface area contributed by atoms with Crippen LogP contribution in [0.3, 0.4) is 0 Å². The average molecular weight is 365 g/mol. The molecule has 3 aromatic rings. The van der Waals surface area contributed by atoms with Crippen molar-refractivity contribution in [1.82, 2.24) is 4.57 Å². The molecule has 0 unspecified atom stereocenters. The van der Waals surface area contributed by atoms with E-state index in [0.29, 0.717) is 24.5 Å². The van der Waals surface area contributed by atoms with Crippen LogP contribution in [0.25, 0.3) is 6.08 Å². The van der Waals surface area contributed by atoms with Crippen LogP contribution >= 0.6 is 11.3 Å². The van der Waals surface area contributed by atoms with Gasteiger partial charge in [-0.3, -0.25) is 9.36 Å². The van der Waals surface area contributed by atoms with E-state index in [1.54, 1.807) is 4.57 Å². The van der Waals surface area contributed by atoms with E-state index >= 15 is 0 Å². The molecule has 4 rings (SSSR count). The number of hydrogen-bond acceptors (Lipinski definition) is 5. The Morgan fingerprint density at radius 2 is 1.92 bits per heavy atom. The fourth-order valence-electron chi connectivity index (χ4n) is 2.90. The summed E-state index contributed by atoms with van der Waals surface area (Å²) in [6.45, 7) is 3.65. The van der Waals surface area contributed by atoms with Crippen molar-refractivity contribution in [2.75, 3.05) is 18.2 Å². The second kappa shape index (κ2) is 7.17. The van der Waals surface area contributed by atoms with Gasteiger partial charge in [0.25, 0.3) is 5.56 Å². The zero-order valence-electron chi connectivity index (χ0n) is 14.5. The van der Waals surface area contributed by atoms with Crippen LogP contribution in [-0.2, 0) is 6.67 Å². The first kappa shape index (κ1) is 16.6. The minimum atomic E-state index is 0.00763. The molecule has 0 atom stereocenters. The molecule has 26 heavy (non-hydrogen) atoms. The lowest BCUT2D eigenvalue weighted by molar-refractivity contribution is 0.340. The first-order chi connectivity index (χ1) is 12.7. The minimum Gasteiger partial charge on any atom is -0.494 e. The third-order valence-electron chi connectivity index (χ3n) is 4.19. The number of anilines is 1. The lowest BCUT2D eigenvalue weighted by Crippen LogP contribution is -2.42. The van der Waals surface area contributed by atoms with Gasteiger partial charge in [-0.2, -0.15) is 0 Å². The smallest absolute Gasteiger partial charge is 0.271 e. The van der Waals surface area contributed by atoms with Crippen molar-refractivity contribution >= 4 is 23.1 Å². The quantitative estimate of drug-likeness (QED) is 0.712. The number of fused-ring (bicyclic) bond motifs is 1. The Morgan fingerprint density at radius 1 is 1.15 bits per heavy atom. The van der Waals surface area contributed by atoms with Crippen molar-refractivity contribution in [2.45, 2.75) is 13.6 Å². The van der Waals surface area contributed by atoms with Crippen LogP contribution in [0.15, 0.2) is 64.4 Å². The van der Waals surface area contributed by atoms with Gasteiger partial charge in [0.1, 0.15) is 19.1 Å². The minimum absolute atomic E-state index is 0.00763. The molecule has 0 N–H and O–H groups in total. The highest BCUT2D eigenvalue weighted by Crippen LogP contribution is 2.20. The van der Waals surface area contributed by atoms with Crippen molar-refractivity contribution in [3.63, 3.8) is 0 Å². The lowest BCUT2D eigenvalue weighted by Gasteiger charge is -2.25. The Kier molecular flexibility index (Phi) is 4.58. The van der Waals surface area contributed by atoms with E-state index in [-0.39, 0.29) is 5.56 Å². The highest BCUT2D eigenvalue weighted by atomic mass is 32.1. The molecule has 6 heteroatoms. The van der Waals surface area contributed by atoms with Gasteiger partial charge in [-0.05, 0) is 42.8 Å². The molecule has 0 spiro atoms. The Hall–Kier alpha value is -2.86. The first-order valence-corrected chi connectivity index (χ1v) is 9.35. The Labute approximate surface area is 155 Å². The molecule has 5 nitrogen and oxygen atoms in total. The number of aromatic nitrogens is 1. The maximum Gasteiger partial charge on any atom is 0.271 e. The second-order valence-corrected chi connectivity index (χ2v) is 6.95. The van der Waals surface area contributed by atoms with Crippen LogP contribution in [0.4, 0.5) is 5.69 Å². The van der Waals surface area contributed by atoms with Gasteiger partial charge in [0.15, 0.2) is 4.80 Å². The molecule has 2 heterocycles. The highest BCUT2D eigenvalue weighted by Gasteiger charge is 2.16. The molecular weight excluding hydrogens is 346 g/mol. The molecule has 0 radical (unpaired) electrons. The Bertz CT molecular complexity index is 1070. The van der Waals surface area contributed by atoms with E-state index < -0.39 is 0 Å². The molecule has 132 valence electrons. The van der Waals surface area contributed by atoms with Crippen molar-refractivity contribution < 1.29 is 4.74 Å². The van der Waals surface area contributed by atoms with Crippen molar-refractivity contribution in [3.8, 4) is 5.75 Å². The summed E-state index contributed by atoms with van der Waals surface area (Å²) in [6.07, 6.45) is 1.93. The normalized spacial score (nSPS) is 14.0. The van der Waals surface area contributed by atoms with Gasteiger partial charge in [0.2, 0.25) is 0 Å². The zero-order valence-corrected chi connectivity index (χ0v) is 15.3. The summed E-state index contributed by atoms with van der Waals surface area (Å²) >= 11 is 1.44. The van der Waals surface area contributed by atoms with E-state index in [9.17, 15) is 4.79 Å². The van der Waals surface area contributed by atoms with Crippen molar-refractivity contribution in [3.05, 3.63) is 79.8 Å². The fourth-order valence-corrected chi connectivity index (χ4v) is 3.86. The average Bonchev–Trinajstić information content (AvgIpc) is 2.99. The fraction of sp³-hybridized carbons (Fsp3) is 0.200. The van der Waals surface area contributed by atoms with Gasteiger partial charge in [-0.1, -0.05) is 41.7 Å². The van der Waals surface area contributed by atoms with Crippen molar-refractivity contribution in [2.24, 2.45) is 4.99 Å². The van der Waals surface area contributed by atoms with E-state index in [2.05, 4.69) is 9.89 Å². The van der Waals surface area contributed by atoms with Crippen molar-refractivity contribution in [1.29, 1.82) is 0 Å². The van der Waals surface area contributed by atoms with Crippen LogP contribution in [0.5, 0.6) is 5.75 Å². The number of thiazole rings is 1. The van der Waals surface area contributed by atoms with Crippen LogP contribution in [0.1, 0.15) is 12.5 Å². The highest BCUT2D eigenvalue weighted by molar-refractivity contribution is 7.07. The zero-order chi connectivity index (χ0) is 17.9. The van der Waals surface area contributed by atoms with E-state index in [0.717, 1.165) is 21.8 Å². The second-order valence-electron chi connectivity index (χ2n) is 5.94. The number of benzene rings is 2. The van der Waals surface area contributed by atoms with E-state index in [1.807, 2.05) is 67.6 Å². The van der Waals surface area contributed by atoms with Crippen LogP contribution < -0.4 is 24.5 Å². The number of nitrogens with zero attached hydrogens (tertiary/aromatic N) is 3. The monoisotopic (exact) mass is 365 g/mol. The standard InChI is InChI=1S/C20H19N3O2S/c1-2-25-17-10-8-16(9-11-17)22-13-21-20-23(14-22)19(24)18(26-20)12-15-6-4-3-5-7-15/h3-12H,2,13-14H2,1H3/b18-12-. The number of hydrogen-bond donors (Lipinski definition) is 0. The van der Waals surface area contributed by atoms with Crippen LogP contribution in [0.2, 0.25) is 0 Å².